The largest absolute Gasteiger partial charge is 0.481 e. The van der Waals surface area contributed by atoms with Crippen molar-refractivity contribution in [2.24, 2.45) is 5.92 Å². The van der Waals surface area contributed by atoms with Gasteiger partial charge in [0.2, 0.25) is 0 Å². The van der Waals surface area contributed by atoms with Crippen LogP contribution in [0.5, 0.6) is 0 Å². The lowest BCUT2D eigenvalue weighted by molar-refractivity contribution is -0.141. The van der Waals surface area contributed by atoms with E-state index in [0.717, 1.165) is 12.8 Å². The molecule has 0 aromatic heterocycles. The summed E-state index contributed by atoms with van der Waals surface area (Å²) in [4.78, 5) is 24.9. The Bertz CT molecular complexity index is 336. The topological polar surface area (TPSA) is 66.8 Å². The Balaban J connectivity index is 0.00000191. The molecule has 0 aromatic carbocycles. The zero-order valence-electron chi connectivity index (χ0n) is 14.3. The van der Waals surface area contributed by atoms with Gasteiger partial charge in [0.05, 0.1) is 5.92 Å². The number of rotatable bonds is 4. The van der Waals surface area contributed by atoms with E-state index in [1.54, 1.807) is 4.90 Å². The molecule has 0 aromatic rings. The number of hydrogen-bond donors (Lipinski definition) is 1. The van der Waals surface area contributed by atoms with Crippen molar-refractivity contribution in [3.05, 3.63) is 0 Å². The molecule has 0 heterocycles. The maximum atomic E-state index is 12.2. The van der Waals surface area contributed by atoms with E-state index in [2.05, 4.69) is 0 Å². The van der Waals surface area contributed by atoms with Crippen LogP contribution < -0.4 is 0 Å². The zero-order valence-corrected chi connectivity index (χ0v) is 14.3. The van der Waals surface area contributed by atoms with E-state index in [1.807, 2.05) is 41.5 Å². The summed E-state index contributed by atoms with van der Waals surface area (Å²) < 4.78 is 5.40. The van der Waals surface area contributed by atoms with Gasteiger partial charge in [0, 0.05) is 12.6 Å². The smallest absolute Gasteiger partial charge is 0.410 e. The second-order valence-electron chi connectivity index (χ2n) is 6.18. The summed E-state index contributed by atoms with van der Waals surface area (Å²) in [5.74, 6) is -1.09. The van der Waals surface area contributed by atoms with Crippen LogP contribution in [0.25, 0.3) is 0 Å². The molecule has 1 amide bonds. The normalized spacial score (nSPS) is 21.2. The summed E-state index contributed by atoms with van der Waals surface area (Å²) in [5, 5.41) is 9.03. The number of amides is 1. The zero-order chi connectivity index (χ0) is 16.6. The van der Waals surface area contributed by atoms with Crippen LogP contribution in [0.4, 0.5) is 4.79 Å². The highest BCUT2D eigenvalue weighted by Crippen LogP contribution is 2.30. The van der Waals surface area contributed by atoms with Gasteiger partial charge in [-0.1, -0.05) is 20.8 Å². The van der Waals surface area contributed by atoms with Gasteiger partial charge in [-0.05, 0) is 46.5 Å². The van der Waals surface area contributed by atoms with Gasteiger partial charge in [-0.3, -0.25) is 4.79 Å². The maximum Gasteiger partial charge on any atom is 0.410 e. The van der Waals surface area contributed by atoms with Gasteiger partial charge in [-0.15, -0.1) is 0 Å². The molecule has 0 spiro atoms. The van der Waals surface area contributed by atoms with E-state index >= 15 is 0 Å². The van der Waals surface area contributed by atoms with Gasteiger partial charge >= 0.3 is 12.1 Å². The van der Waals surface area contributed by atoms with Crippen molar-refractivity contribution < 1.29 is 19.4 Å². The predicted octanol–water partition coefficient (Wildman–Crippen LogP) is 3.91. The Morgan fingerprint density at radius 1 is 1.24 bits per heavy atom. The monoisotopic (exact) mass is 301 g/mol. The molecule has 2 atom stereocenters. The first-order valence-electron chi connectivity index (χ1n) is 7.97. The molecule has 124 valence electrons. The molecule has 5 nitrogen and oxygen atoms in total. The summed E-state index contributed by atoms with van der Waals surface area (Å²) in [6.07, 6.45) is 2.44. The molecular weight excluding hydrogens is 270 g/mol. The van der Waals surface area contributed by atoms with Crippen molar-refractivity contribution in [1.29, 1.82) is 0 Å². The Morgan fingerprint density at radius 2 is 1.81 bits per heavy atom. The number of aliphatic carboxylic acids is 1. The molecule has 1 aliphatic carbocycles. The highest BCUT2D eigenvalue weighted by Gasteiger charge is 2.36. The average molecular weight is 301 g/mol. The van der Waals surface area contributed by atoms with Crippen LogP contribution in [-0.2, 0) is 9.53 Å². The van der Waals surface area contributed by atoms with Crippen LogP contribution in [0.15, 0.2) is 0 Å². The summed E-state index contributed by atoms with van der Waals surface area (Å²) in [6.45, 7) is 12.1. The first-order chi connectivity index (χ1) is 9.74. The second-order valence-corrected chi connectivity index (χ2v) is 6.18. The molecule has 0 radical (unpaired) electrons. The van der Waals surface area contributed by atoms with Crippen molar-refractivity contribution in [2.75, 3.05) is 6.54 Å². The number of ether oxygens (including phenoxy) is 1. The van der Waals surface area contributed by atoms with Gasteiger partial charge in [0.15, 0.2) is 0 Å². The number of nitrogens with zero attached hydrogens (tertiary/aromatic N) is 1. The Hall–Kier alpha value is -1.26. The molecule has 0 bridgehead atoms. The average Bonchev–Trinajstić information content (AvgIpc) is 2.85. The number of carboxylic acid groups (broad SMARTS) is 1. The summed E-state index contributed by atoms with van der Waals surface area (Å²) >= 11 is 0. The summed E-state index contributed by atoms with van der Waals surface area (Å²) in [5.41, 5.74) is -0.520. The quantitative estimate of drug-likeness (QED) is 0.854. The molecular formula is C16H31NO4. The number of hydrogen-bond acceptors (Lipinski definition) is 3. The van der Waals surface area contributed by atoms with Gasteiger partial charge in [-0.25, -0.2) is 4.79 Å². The van der Waals surface area contributed by atoms with E-state index < -0.39 is 11.6 Å². The minimum Gasteiger partial charge on any atom is -0.481 e. The lowest BCUT2D eigenvalue weighted by Gasteiger charge is -2.31. The molecule has 1 N–H and O–H groups in total. The third-order valence-corrected chi connectivity index (χ3v) is 3.29. The minimum absolute atomic E-state index is 0.00380. The second kappa shape index (κ2) is 8.90. The van der Waals surface area contributed by atoms with Crippen LogP contribution in [0.2, 0.25) is 0 Å². The molecule has 1 saturated carbocycles. The van der Waals surface area contributed by atoms with Crippen LogP contribution in [0.1, 0.15) is 67.2 Å². The van der Waals surface area contributed by atoms with Crippen LogP contribution in [0.3, 0.4) is 0 Å². The van der Waals surface area contributed by atoms with Gasteiger partial charge < -0.3 is 14.7 Å². The van der Waals surface area contributed by atoms with Crippen molar-refractivity contribution in [3.63, 3.8) is 0 Å². The van der Waals surface area contributed by atoms with E-state index in [4.69, 9.17) is 9.84 Å². The van der Waals surface area contributed by atoms with E-state index in [0.29, 0.717) is 19.4 Å². The molecule has 0 saturated heterocycles. The maximum absolute atomic E-state index is 12.2. The van der Waals surface area contributed by atoms with Crippen molar-refractivity contribution >= 4 is 12.1 Å². The number of carboxylic acids is 1. The lowest BCUT2D eigenvalue weighted by Crippen LogP contribution is -2.43. The Morgan fingerprint density at radius 3 is 2.19 bits per heavy atom. The SMILES string of the molecule is CC.CCCN(C(=O)OC(C)(C)C)C1CCC(C(=O)O)C1. The molecule has 5 heteroatoms. The Labute approximate surface area is 128 Å². The Kier molecular flexibility index (Phi) is 8.37. The van der Waals surface area contributed by atoms with Crippen LogP contribution >= 0.6 is 0 Å². The first-order valence-corrected chi connectivity index (χ1v) is 7.97. The number of carbonyl (C=O) groups is 2. The van der Waals surface area contributed by atoms with E-state index in [-0.39, 0.29) is 18.1 Å². The molecule has 1 fully saturated rings. The molecule has 1 rings (SSSR count). The molecule has 0 aliphatic heterocycles. The third-order valence-electron chi connectivity index (χ3n) is 3.29. The van der Waals surface area contributed by atoms with Crippen molar-refractivity contribution in [3.8, 4) is 0 Å². The van der Waals surface area contributed by atoms with E-state index in [9.17, 15) is 9.59 Å². The van der Waals surface area contributed by atoms with Gasteiger partial charge in [0.1, 0.15) is 5.60 Å². The van der Waals surface area contributed by atoms with Crippen LogP contribution in [-0.4, -0.2) is 40.3 Å². The fraction of sp³-hybridized carbons (Fsp3) is 0.875. The van der Waals surface area contributed by atoms with Crippen molar-refractivity contribution in [1.82, 2.24) is 4.90 Å². The van der Waals surface area contributed by atoms with Crippen molar-refractivity contribution in [2.45, 2.75) is 78.9 Å². The first kappa shape index (κ1) is 19.7. The molecule has 21 heavy (non-hydrogen) atoms. The van der Waals surface area contributed by atoms with E-state index in [1.165, 1.54) is 0 Å². The van der Waals surface area contributed by atoms with Crippen LogP contribution in [0, 0.1) is 5.92 Å². The predicted molar refractivity (Wildman–Crippen MR) is 83.3 cm³/mol. The fourth-order valence-electron chi connectivity index (χ4n) is 2.45. The highest BCUT2D eigenvalue weighted by molar-refractivity contribution is 5.71. The van der Waals surface area contributed by atoms with Gasteiger partial charge in [-0.2, -0.15) is 0 Å². The lowest BCUT2D eigenvalue weighted by atomic mass is 10.1. The fourth-order valence-corrected chi connectivity index (χ4v) is 2.45. The molecule has 2 unspecified atom stereocenters. The summed E-state index contributed by atoms with van der Waals surface area (Å²) in [7, 11) is 0. The highest BCUT2D eigenvalue weighted by atomic mass is 16.6. The summed E-state index contributed by atoms with van der Waals surface area (Å²) in [6, 6.07) is -0.00380. The number of carbonyl (C=O) groups excluding carboxylic acids is 1. The minimum atomic E-state index is -0.761. The van der Waals surface area contributed by atoms with Gasteiger partial charge in [0.25, 0.3) is 0 Å². The molecule has 1 aliphatic rings. The third kappa shape index (κ3) is 6.82. The standard InChI is InChI=1S/C14H25NO4.C2H6/c1-5-8-15(13(18)19-14(2,3)4)11-7-6-10(9-11)12(16)17;1-2/h10-11H,5-9H2,1-4H3,(H,16,17);1-2H3.